The first-order valence-electron chi connectivity index (χ1n) is 20.4. The second-order valence-electron chi connectivity index (χ2n) is 15.0. The maximum atomic E-state index is 3.96. The monoisotopic (exact) mass is 719 g/mol. The van der Waals surface area contributed by atoms with Gasteiger partial charge in [-0.05, 0) is 78.9 Å². The fourth-order valence-electron chi connectivity index (χ4n) is 5.36. The van der Waals surface area contributed by atoms with Gasteiger partial charge in [0.25, 0.3) is 0 Å². The molecule has 292 valence electrons. The third-order valence-electron chi connectivity index (χ3n) is 9.77. The van der Waals surface area contributed by atoms with Gasteiger partial charge in [-0.2, -0.15) is 11.8 Å². The largest absolute Gasteiger partial charge is 0.159 e. The molecule has 0 aliphatic rings. The molecule has 0 nitrogen and oxygen atoms in total. The van der Waals surface area contributed by atoms with E-state index in [1.54, 1.807) is 0 Å². The van der Waals surface area contributed by atoms with E-state index >= 15 is 0 Å². The Hall–Kier alpha value is -2.25. The van der Waals surface area contributed by atoms with Gasteiger partial charge in [-0.3, -0.25) is 0 Å². The maximum Gasteiger partial charge on any atom is 0.0215 e. The Bertz CT molecular complexity index is 1220. The molecule has 0 aromatic heterocycles. The lowest BCUT2D eigenvalue weighted by atomic mass is 9.71. The van der Waals surface area contributed by atoms with Gasteiger partial charge in [0.05, 0.1) is 0 Å². The minimum atomic E-state index is -0.0388. The molecular weight excluding hydrogens is 633 g/mol. The van der Waals surface area contributed by atoms with Crippen molar-refractivity contribution in [3.05, 3.63) is 119 Å². The topological polar surface area (TPSA) is 0 Å². The highest BCUT2D eigenvalue weighted by Crippen LogP contribution is 2.36. The Labute approximate surface area is 326 Å². The standard InChI is InChI=1S/C25H28.C11H22.C7H16S.C3H8.2C2H6/c1-19(2)22-13-15-23(16-14-22)25(4,18-21-10-6-5-7-11-21)24-12-8-9-20(3)17-24;1-6-10(5)11(7-2)8-9(3)4;1-6(2)7(3,4)8-5;1-3-2;2*1-2/h5-17,19H,18H2,1-4H3;10-11H,3,6-8H2,1-2,4-5H3;6H,1-5H3;3H2,1-2H3;2*1-2H3/t;10-,11?;;;;/m.1..../s1. The Morgan fingerprint density at radius 1 is 0.706 bits per heavy atom. The van der Waals surface area contributed by atoms with E-state index in [0.29, 0.717) is 10.7 Å². The second-order valence-corrected chi connectivity index (χ2v) is 16.5. The summed E-state index contributed by atoms with van der Waals surface area (Å²) in [5.41, 5.74) is 8.14. The number of thioether (sulfide) groups is 1. The molecule has 0 N–H and O–H groups in total. The van der Waals surface area contributed by atoms with E-state index in [4.69, 9.17) is 0 Å². The van der Waals surface area contributed by atoms with E-state index in [0.717, 1.165) is 24.2 Å². The van der Waals surface area contributed by atoms with E-state index in [1.165, 1.54) is 59.1 Å². The average molecular weight is 719 g/mol. The van der Waals surface area contributed by atoms with E-state index in [9.17, 15) is 0 Å². The zero-order valence-electron chi connectivity index (χ0n) is 37.5. The fraction of sp³-hybridized carbons (Fsp3) is 0.600. The van der Waals surface area contributed by atoms with Gasteiger partial charge >= 0.3 is 0 Å². The van der Waals surface area contributed by atoms with E-state index in [-0.39, 0.29) is 5.41 Å². The van der Waals surface area contributed by atoms with Crippen LogP contribution in [0.4, 0.5) is 0 Å². The van der Waals surface area contributed by atoms with Crippen molar-refractivity contribution in [2.45, 2.75) is 173 Å². The van der Waals surface area contributed by atoms with Gasteiger partial charge in [-0.1, -0.05) is 220 Å². The molecule has 3 rings (SSSR count). The van der Waals surface area contributed by atoms with Crippen molar-refractivity contribution in [3.63, 3.8) is 0 Å². The molecular formula is C50H86S. The normalized spacial score (nSPS) is 12.7. The first-order chi connectivity index (χ1) is 24.0. The van der Waals surface area contributed by atoms with Crippen LogP contribution in [-0.4, -0.2) is 11.0 Å². The van der Waals surface area contributed by atoms with Crippen molar-refractivity contribution in [2.24, 2.45) is 17.8 Å². The van der Waals surface area contributed by atoms with Crippen LogP contribution in [0.2, 0.25) is 0 Å². The van der Waals surface area contributed by atoms with Crippen molar-refractivity contribution in [1.29, 1.82) is 0 Å². The summed E-state index contributed by atoms with van der Waals surface area (Å²) in [6, 6.07) is 29.0. The maximum absolute atomic E-state index is 3.96. The zero-order valence-corrected chi connectivity index (χ0v) is 38.3. The molecule has 3 aromatic carbocycles. The molecule has 2 unspecified atom stereocenters. The predicted molar refractivity (Wildman–Crippen MR) is 242 cm³/mol. The van der Waals surface area contributed by atoms with Gasteiger partial charge in [0.2, 0.25) is 0 Å². The van der Waals surface area contributed by atoms with Crippen molar-refractivity contribution in [3.8, 4) is 0 Å². The number of hydrogen-bond acceptors (Lipinski definition) is 1. The molecule has 0 radical (unpaired) electrons. The van der Waals surface area contributed by atoms with Gasteiger partial charge < -0.3 is 0 Å². The molecule has 0 aliphatic carbocycles. The van der Waals surface area contributed by atoms with Crippen LogP contribution in [0.5, 0.6) is 0 Å². The molecule has 1 heteroatoms. The molecule has 0 heterocycles. The summed E-state index contributed by atoms with van der Waals surface area (Å²) in [7, 11) is 0. The fourth-order valence-corrected chi connectivity index (χ4v) is 5.83. The van der Waals surface area contributed by atoms with Crippen LogP contribution >= 0.6 is 11.8 Å². The molecule has 0 fully saturated rings. The lowest BCUT2D eigenvalue weighted by molar-refractivity contribution is 0.335. The molecule has 0 bridgehead atoms. The molecule has 51 heavy (non-hydrogen) atoms. The highest BCUT2D eigenvalue weighted by Gasteiger charge is 2.29. The van der Waals surface area contributed by atoms with Gasteiger partial charge in [0.15, 0.2) is 0 Å². The third kappa shape index (κ3) is 21.8. The van der Waals surface area contributed by atoms with E-state index < -0.39 is 0 Å². The van der Waals surface area contributed by atoms with Crippen LogP contribution in [-0.2, 0) is 11.8 Å². The smallest absolute Gasteiger partial charge is 0.0215 e. The van der Waals surface area contributed by atoms with Crippen LogP contribution in [0, 0.1) is 24.7 Å². The summed E-state index contributed by atoms with van der Waals surface area (Å²) in [6.45, 7) is 43.4. The van der Waals surface area contributed by atoms with Crippen LogP contribution in [0.1, 0.15) is 177 Å². The molecule has 0 spiro atoms. The lowest BCUT2D eigenvalue weighted by Crippen LogP contribution is -2.27. The highest BCUT2D eigenvalue weighted by molar-refractivity contribution is 7.99. The molecule has 3 atom stereocenters. The second kappa shape index (κ2) is 30.2. The third-order valence-corrected chi connectivity index (χ3v) is 11.3. The van der Waals surface area contributed by atoms with Crippen LogP contribution in [0.15, 0.2) is 91.0 Å². The number of rotatable bonds is 12. The van der Waals surface area contributed by atoms with Crippen molar-refractivity contribution in [1.82, 2.24) is 0 Å². The number of benzene rings is 3. The zero-order chi connectivity index (χ0) is 40.2. The van der Waals surface area contributed by atoms with Crippen LogP contribution < -0.4 is 0 Å². The Morgan fingerprint density at radius 3 is 1.57 bits per heavy atom. The molecule has 0 amide bonds. The number of allylic oxidation sites excluding steroid dienone is 1. The number of aryl methyl sites for hydroxylation is 1. The Balaban J connectivity index is -0.000000736. The van der Waals surface area contributed by atoms with Crippen LogP contribution in [0.25, 0.3) is 0 Å². The summed E-state index contributed by atoms with van der Waals surface area (Å²) >= 11 is 1.94. The molecule has 0 aliphatic heterocycles. The average Bonchev–Trinajstić information content (AvgIpc) is 3.13. The highest BCUT2D eigenvalue weighted by atomic mass is 32.2. The van der Waals surface area contributed by atoms with Gasteiger partial charge in [-0.25, -0.2) is 0 Å². The lowest BCUT2D eigenvalue weighted by Gasteiger charge is -2.32. The van der Waals surface area contributed by atoms with Crippen molar-refractivity contribution < 1.29 is 0 Å². The first kappa shape index (κ1) is 53.1. The SMILES string of the molecule is C=C(C)CC(CC)[C@H](C)CC.CC.CC.CCC.CSC(C)(C)C(C)C.Cc1cccc(C(C)(Cc2ccccc2)c2ccc(C(C)C)cc2)c1. The van der Waals surface area contributed by atoms with Crippen molar-refractivity contribution in [2.75, 3.05) is 6.26 Å². The minimum absolute atomic E-state index is 0.0388. The summed E-state index contributed by atoms with van der Waals surface area (Å²) in [4.78, 5) is 0. The Morgan fingerprint density at radius 2 is 1.22 bits per heavy atom. The minimum Gasteiger partial charge on any atom is -0.159 e. The quantitative estimate of drug-likeness (QED) is 0.168. The molecule has 3 aromatic rings. The Kier molecular flexibility index (Phi) is 31.5. The molecule has 0 saturated carbocycles. The van der Waals surface area contributed by atoms with Gasteiger partial charge in [-0.15, -0.1) is 6.58 Å². The van der Waals surface area contributed by atoms with Gasteiger partial charge in [0.1, 0.15) is 0 Å². The van der Waals surface area contributed by atoms with E-state index in [2.05, 4.69) is 189 Å². The summed E-state index contributed by atoms with van der Waals surface area (Å²) in [5, 5.41) is 0. The molecule has 0 saturated heterocycles. The van der Waals surface area contributed by atoms with E-state index in [1.807, 2.05) is 39.5 Å². The van der Waals surface area contributed by atoms with Crippen LogP contribution in [0.3, 0.4) is 0 Å². The number of hydrogen-bond donors (Lipinski definition) is 0. The predicted octanol–water partition coefficient (Wildman–Crippen LogP) is 16.9. The summed E-state index contributed by atoms with van der Waals surface area (Å²) in [5.74, 6) is 3.06. The summed E-state index contributed by atoms with van der Waals surface area (Å²) < 4.78 is 0.458. The first-order valence-corrected chi connectivity index (χ1v) is 21.7. The van der Waals surface area contributed by atoms with Crippen molar-refractivity contribution >= 4 is 11.8 Å². The summed E-state index contributed by atoms with van der Waals surface area (Å²) in [6.07, 6.45) is 8.22. The van der Waals surface area contributed by atoms with Gasteiger partial charge in [0, 0.05) is 10.2 Å².